The normalized spacial score (nSPS) is 16.8. The highest BCUT2D eigenvalue weighted by Gasteiger charge is 2.24. The third-order valence-corrected chi connectivity index (χ3v) is 5.92. The third-order valence-electron chi connectivity index (χ3n) is 4.79. The monoisotopic (exact) mass is 479 g/mol. The quantitative estimate of drug-likeness (QED) is 0.358. The number of rotatable bonds is 7. The van der Waals surface area contributed by atoms with Crippen LogP contribution in [0.1, 0.15) is 42.3 Å². The Kier molecular flexibility index (Phi) is 10.3. The van der Waals surface area contributed by atoms with Crippen molar-refractivity contribution in [2.45, 2.75) is 53.0 Å². The van der Waals surface area contributed by atoms with Gasteiger partial charge in [-0.05, 0) is 45.7 Å². The number of aryl methyl sites for hydroxylation is 2. The molecule has 0 aromatic carbocycles. The van der Waals surface area contributed by atoms with E-state index in [1.54, 1.807) is 11.3 Å². The van der Waals surface area contributed by atoms with Crippen LogP contribution in [-0.2, 0) is 6.42 Å². The minimum atomic E-state index is 0. The van der Waals surface area contributed by atoms with Crippen molar-refractivity contribution in [3.8, 4) is 0 Å². The van der Waals surface area contributed by atoms with E-state index in [0.717, 1.165) is 31.2 Å². The molecule has 1 aliphatic heterocycles. The Balaban J connectivity index is 0.00000312. The van der Waals surface area contributed by atoms with Crippen LogP contribution in [0.5, 0.6) is 0 Å². The summed E-state index contributed by atoms with van der Waals surface area (Å²) >= 11 is 1.79. The summed E-state index contributed by atoms with van der Waals surface area (Å²) in [6, 6.07) is 0.579. The molecule has 5 nitrogen and oxygen atoms in total. The lowest BCUT2D eigenvalue weighted by Gasteiger charge is -2.31. The third kappa shape index (κ3) is 7.02. The minimum Gasteiger partial charge on any atom is -0.356 e. The highest BCUT2D eigenvalue weighted by atomic mass is 127. The maximum atomic E-state index is 4.59. The molecular formula is C18H34IN5S. The summed E-state index contributed by atoms with van der Waals surface area (Å²) in [5.41, 5.74) is 1.16. The summed E-state index contributed by atoms with van der Waals surface area (Å²) in [6.07, 6.45) is 3.62. The van der Waals surface area contributed by atoms with Gasteiger partial charge >= 0.3 is 0 Å². The molecule has 0 saturated carbocycles. The molecule has 0 amide bonds. The highest BCUT2D eigenvalue weighted by Crippen LogP contribution is 2.17. The second-order valence-electron chi connectivity index (χ2n) is 6.93. The van der Waals surface area contributed by atoms with E-state index in [0.29, 0.717) is 12.0 Å². The van der Waals surface area contributed by atoms with Gasteiger partial charge in [-0.3, -0.25) is 9.89 Å². The van der Waals surface area contributed by atoms with Gasteiger partial charge in [0.25, 0.3) is 0 Å². The molecular weight excluding hydrogens is 445 g/mol. The van der Waals surface area contributed by atoms with Crippen LogP contribution in [0, 0.1) is 19.8 Å². The van der Waals surface area contributed by atoms with Crippen LogP contribution in [0.15, 0.2) is 4.99 Å². The zero-order valence-electron chi connectivity index (χ0n) is 16.3. The van der Waals surface area contributed by atoms with Crippen LogP contribution in [0.2, 0.25) is 0 Å². The number of halogens is 1. The van der Waals surface area contributed by atoms with Crippen molar-refractivity contribution in [3.63, 3.8) is 0 Å². The Labute approximate surface area is 174 Å². The van der Waals surface area contributed by atoms with Crippen LogP contribution >= 0.6 is 35.3 Å². The number of aromatic nitrogens is 1. The molecule has 1 unspecified atom stereocenters. The zero-order chi connectivity index (χ0) is 17.5. The lowest BCUT2D eigenvalue weighted by atomic mass is 10.0. The summed E-state index contributed by atoms with van der Waals surface area (Å²) in [4.78, 5) is 12.9. The summed E-state index contributed by atoms with van der Waals surface area (Å²) in [6.45, 7) is 13.1. The molecule has 1 saturated heterocycles. The van der Waals surface area contributed by atoms with Gasteiger partial charge in [-0.1, -0.05) is 13.8 Å². The van der Waals surface area contributed by atoms with Gasteiger partial charge in [-0.2, -0.15) is 0 Å². The van der Waals surface area contributed by atoms with Gasteiger partial charge in [0.05, 0.1) is 10.7 Å². The van der Waals surface area contributed by atoms with Gasteiger partial charge < -0.3 is 10.6 Å². The highest BCUT2D eigenvalue weighted by molar-refractivity contribution is 14.0. The number of nitrogens with one attached hydrogen (secondary N) is 2. The fourth-order valence-corrected chi connectivity index (χ4v) is 4.15. The average Bonchev–Trinajstić information content (AvgIpc) is 3.16. The van der Waals surface area contributed by atoms with E-state index in [1.165, 1.54) is 35.8 Å². The molecule has 2 rings (SSSR count). The van der Waals surface area contributed by atoms with Crippen molar-refractivity contribution in [1.82, 2.24) is 20.5 Å². The van der Waals surface area contributed by atoms with Crippen molar-refractivity contribution in [1.29, 1.82) is 0 Å². The molecule has 7 heteroatoms. The standard InChI is InChI=1S/C18H33N5S.HI/c1-13(2)16(23-10-6-7-11-23)12-21-18(19-5)20-9-8-17-22-14(3)15(4)24-17;/h13,16H,6-12H2,1-5H3,(H2,19,20,21);1H. The molecule has 2 N–H and O–H groups in total. The number of hydrogen-bond donors (Lipinski definition) is 2. The van der Waals surface area contributed by atoms with Gasteiger partial charge in [0.1, 0.15) is 0 Å². The average molecular weight is 479 g/mol. The van der Waals surface area contributed by atoms with E-state index in [1.807, 2.05) is 7.05 Å². The predicted molar refractivity (Wildman–Crippen MR) is 120 cm³/mol. The Hall–Kier alpha value is -0.410. The number of nitrogens with zero attached hydrogens (tertiary/aromatic N) is 3. The summed E-state index contributed by atoms with van der Waals surface area (Å²) in [5.74, 6) is 1.54. The van der Waals surface area contributed by atoms with Crippen molar-refractivity contribution in [2.75, 3.05) is 33.2 Å². The molecule has 1 aromatic rings. The van der Waals surface area contributed by atoms with Crippen molar-refractivity contribution >= 4 is 41.3 Å². The van der Waals surface area contributed by atoms with Crippen LogP contribution in [0.25, 0.3) is 0 Å². The van der Waals surface area contributed by atoms with Gasteiger partial charge in [-0.25, -0.2) is 4.98 Å². The fourth-order valence-electron chi connectivity index (χ4n) is 3.22. The Morgan fingerprint density at radius 3 is 2.44 bits per heavy atom. The van der Waals surface area contributed by atoms with Crippen LogP contribution < -0.4 is 10.6 Å². The second-order valence-corrected chi connectivity index (χ2v) is 8.22. The van der Waals surface area contributed by atoms with Crippen molar-refractivity contribution < 1.29 is 0 Å². The maximum absolute atomic E-state index is 4.59. The molecule has 0 spiro atoms. The van der Waals surface area contributed by atoms with Crippen LogP contribution in [0.3, 0.4) is 0 Å². The van der Waals surface area contributed by atoms with Crippen LogP contribution in [-0.4, -0.2) is 55.1 Å². The number of aliphatic imine (C=N–C) groups is 1. The molecule has 1 fully saturated rings. The zero-order valence-corrected chi connectivity index (χ0v) is 19.4. The number of thiazole rings is 1. The Bertz CT molecular complexity index is 518. The molecule has 0 radical (unpaired) electrons. The van der Waals surface area contributed by atoms with Gasteiger partial charge in [-0.15, -0.1) is 35.3 Å². The van der Waals surface area contributed by atoms with Crippen molar-refractivity contribution in [3.05, 3.63) is 15.6 Å². The smallest absolute Gasteiger partial charge is 0.191 e. The summed E-state index contributed by atoms with van der Waals surface area (Å²) in [7, 11) is 1.84. The molecule has 1 aromatic heterocycles. The molecule has 0 aliphatic carbocycles. The first-order chi connectivity index (χ1) is 11.5. The predicted octanol–water partition coefficient (Wildman–Crippen LogP) is 3.21. The van der Waals surface area contributed by atoms with E-state index in [-0.39, 0.29) is 24.0 Å². The molecule has 1 aliphatic rings. The van der Waals surface area contributed by atoms with E-state index in [4.69, 9.17) is 0 Å². The first kappa shape index (κ1) is 22.6. The topological polar surface area (TPSA) is 52.6 Å². The molecule has 144 valence electrons. The first-order valence-corrected chi connectivity index (χ1v) is 9.94. The van der Waals surface area contributed by atoms with E-state index < -0.39 is 0 Å². The first-order valence-electron chi connectivity index (χ1n) is 9.12. The van der Waals surface area contributed by atoms with E-state index in [2.05, 4.69) is 53.2 Å². The number of likely N-dealkylation sites (tertiary alicyclic amines) is 1. The number of guanidine groups is 1. The molecule has 2 heterocycles. The van der Waals surface area contributed by atoms with Gasteiger partial charge in [0.2, 0.25) is 0 Å². The molecule has 1 atom stereocenters. The Morgan fingerprint density at radius 2 is 1.92 bits per heavy atom. The second kappa shape index (κ2) is 11.3. The number of hydrogen-bond acceptors (Lipinski definition) is 4. The lowest BCUT2D eigenvalue weighted by Crippen LogP contribution is -2.48. The van der Waals surface area contributed by atoms with E-state index in [9.17, 15) is 0 Å². The summed E-state index contributed by atoms with van der Waals surface area (Å²) in [5, 5.41) is 8.13. The van der Waals surface area contributed by atoms with Gasteiger partial charge in [0, 0.05) is 37.5 Å². The minimum absolute atomic E-state index is 0. The molecule has 0 bridgehead atoms. The van der Waals surface area contributed by atoms with Crippen molar-refractivity contribution in [2.24, 2.45) is 10.9 Å². The van der Waals surface area contributed by atoms with Gasteiger partial charge in [0.15, 0.2) is 5.96 Å². The molecule has 25 heavy (non-hydrogen) atoms. The Morgan fingerprint density at radius 1 is 1.24 bits per heavy atom. The maximum Gasteiger partial charge on any atom is 0.191 e. The largest absolute Gasteiger partial charge is 0.356 e. The summed E-state index contributed by atoms with van der Waals surface area (Å²) < 4.78 is 0. The van der Waals surface area contributed by atoms with E-state index >= 15 is 0 Å². The lowest BCUT2D eigenvalue weighted by molar-refractivity contribution is 0.192. The fraction of sp³-hybridized carbons (Fsp3) is 0.778. The SMILES string of the molecule is CN=C(NCCc1nc(C)c(C)s1)NCC(C(C)C)N1CCCC1.I. The van der Waals surface area contributed by atoms with Crippen LogP contribution in [0.4, 0.5) is 0 Å².